The number of carbonyl (C=O) groups is 2. The van der Waals surface area contributed by atoms with E-state index in [-0.39, 0.29) is 35.7 Å². The fourth-order valence-electron chi connectivity index (χ4n) is 3.14. The molecule has 2 N–H and O–H groups in total. The molecular formula is C21H27N3O3. The van der Waals surface area contributed by atoms with E-state index in [0.29, 0.717) is 5.71 Å². The minimum Gasteiger partial charge on any atom is -0.507 e. The zero-order chi connectivity index (χ0) is 20.1. The molecule has 0 radical (unpaired) electrons. The van der Waals surface area contributed by atoms with Crippen molar-refractivity contribution in [1.29, 1.82) is 0 Å². The molecule has 0 aromatic heterocycles. The molecule has 0 aliphatic carbocycles. The molecule has 0 saturated carbocycles. The van der Waals surface area contributed by atoms with Crippen LogP contribution in [-0.4, -0.2) is 39.6 Å². The maximum absolute atomic E-state index is 12.4. The molecule has 6 heteroatoms. The molecule has 0 atom stereocenters. The molecule has 2 amide bonds. The van der Waals surface area contributed by atoms with Gasteiger partial charge in [0.25, 0.3) is 5.91 Å². The van der Waals surface area contributed by atoms with Crippen LogP contribution in [0.5, 0.6) is 5.75 Å². The fourth-order valence-corrected chi connectivity index (χ4v) is 3.14. The predicted octanol–water partition coefficient (Wildman–Crippen LogP) is 3.69. The Hall–Kier alpha value is -2.89. The third-order valence-corrected chi connectivity index (χ3v) is 4.26. The number of fused-ring (bicyclic) bond motifs is 1. The second-order valence-electron chi connectivity index (χ2n) is 7.17. The Morgan fingerprint density at radius 2 is 1.63 bits per heavy atom. The summed E-state index contributed by atoms with van der Waals surface area (Å²) in [6.45, 7) is 9.56. The van der Waals surface area contributed by atoms with Crippen molar-refractivity contribution in [3.8, 4) is 5.75 Å². The van der Waals surface area contributed by atoms with E-state index in [9.17, 15) is 14.7 Å². The number of hydrogen-bond donors (Lipinski definition) is 2. The number of nitrogens with one attached hydrogen (secondary N) is 1. The van der Waals surface area contributed by atoms with Crippen molar-refractivity contribution in [2.75, 3.05) is 0 Å². The van der Waals surface area contributed by atoms with Crippen LogP contribution in [0.15, 0.2) is 41.5 Å². The van der Waals surface area contributed by atoms with Gasteiger partial charge in [-0.1, -0.05) is 24.3 Å². The van der Waals surface area contributed by atoms with Gasteiger partial charge in [0.05, 0.1) is 12.0 Å². The van der Waals surface area contributed by atoms with E-state index in [1.54, 1.807) is 24.0 Å². The first-order valence-corrected chi connectivity index (χ1v) is 9.07. The van der Waals surface area contributed by atoms with E-state index in [1.165, 1.54) is 0 Å². The van der Waals surface area contributed by atoms with Gasteiger partial charge < -0.3 is 10.0 Å². The molecule has 27 heavy (non-hydrogen) atoms. The number of nitrogens with zero attached hydrogens (tertiary/aromatic N) is 2. The first-order chi connectivity index (χ1) is 12.7. The van der Waals surface area contributed by atoms with Crippen LogP contribution in [0.25, 0.3) is 10.8 Å². The van der Waals surface area contributed by atoms with Crippen molar-refractivity contribution in [2.24, 2.45) is 5.10 Å². The zero-order valence-electron chi connectivity index (χ0n) is 16.5. The molecule has 0 unspecified atom stereocenters. The number of aromatic hydroxyl groups is 1. The van der Waals surface area contributed by atoms with Crippen molar-refractivity contribution in [2.45, 2.75) is 53.1 Å². The Morgan fingerprint density at radius 3 is 2.19 bits per heavy atom. The molecule has 2 aromatic carbocycles. The Morgan fingerprint density at radius 1 is 1.07 bits per heavy atom. The van der Waals surface area contributed by atoms with E-state index in [4.69, 9.17) is 0 Å². The Labute approximate surface area is 159 Å². The van der Waals surface area contributed by atoms with Gasteiger partial charge in [0.1, 0.15) is 5.75 Å². The van der Waals surface area contributed by atoms with E-state index >= 15 is 0 Å². The average molecular weight is 369 g/mol. The second kappa shape index (κ2) is 8.66. The standard InChI is InChI=1S/C21H27N3O3/c1-13(2)24(14(3)4)20(26)10-15(5)22-23-21(27)18-11-16-8-6-7-9-17(16)12-19(18)25/h6-9,11-14,25H,10H2,1-5H3,(H,23,27). The van der Waals surface area contributed by atoms with Crippen molar-refractivity contribution in [1.82, 2.24) is 10.3 Å². The average Bonchev–Trinajstić information content (AvgIpc) is 2.58. The summed E-state index contributed by atoms with van der Waals surface area (Å²) in [5.74, 6) is -0.667. The number of phenolic OH excluding ortho intramolecular Hbond substituents is 1. The van der Waals surface area contributed by atoms with Gasteiger partial charge in [-0.3, -0.25) is 9.59 Å². The summed E-state index contributed by atoms with van der Waals surface area (Å²) in [5, 5.41) is 15.8. The highest BCUT2D eigenvalue weighted by Crippen LogP contribution is 2.24. The maximum atomic E-state index is 12.4. The van der Waals surface area contributed by atoms with Gasteiger partial charge in [-0.15, -0.1) is 0 Å². The van der Waals surface area contributed by atoms with Gasteiger partial charge in [-0.2, -0.15) is 5.10 Å². The van der Waals surface area contributed by atoms with Crippen LogP contribution in [0.1, 0.15) is 51.4 Å². The lowest BCUT2D eigenvalue weighted by atomic mass is 10.1. The van der Waals surface area contributed by atoms with Crippen molar-refractivity contribution in [3.05, 3.63) is 42.0 Å². The summed E-state index contributed by atoms with van der Waals surface area (Å²) in [6, 6.07) is 10.8. The molecule has 0 aliphatic heterocycles. The highest BCUT2D eigenvalue weighted by Gasteiger charge is 2.20. The number of amides is 2. The molecule has 2 rings (SSSR count). The monoisotopic (exact) mass is 369 g/mol. The van der Waals surface area contributed by atoms with Crippen LogP contribution >= 0.6 is 0 Å². The van der Waals surface area contributed by atoms with E-state index in [2.05, 4.69) is 10.5 Å². The third kappa shape index (κ3) is 5.06. The van der Waals surface area contributed by atoms with Gasteiger partial charge in [-0.05, 0) is 57.5 Å². The number of phenols is 1. The lowest BCUT2D eigenvalue weighted by molar-refractivity contribution is -0.133. The smallest absolute Gasteiger partial charge is 0.275 e. The topological polar surface area (TPSA) is 82.0 Å². The summed E-state index contributed by atoms with van der Waals surface area (Å²) in [6.07, 6.45) is 0.125. The Bertz CT molecular complexity index is 864. The highest BCUT2D eigenvalue weighted by atomic mass is 16.3. The van der Waals surface area contributed by atoms with Crippen LogP contribution in [0.4, 0.5) is 0 Å². The van der Waals surface area contributed by atoms with Crippen LogP contribution in [0.2, 0.25) is 0 Å². The molecule has 2 aromatic rings. The number of rotatable bonds is 6. The van der Waals surface area contributed by atoms with Gasteiger partial charge >= 0.3 is 0 Å². The first-order valence-electron chi connectivity index (χ1n) is 9.07. The largest absolute Gasteiger partial charge is 0.507 e. The number of carbonyl (C=O) groups excluding carboxylic acids is 2. The molecule has 0 bridgehead atoms. The van der Waals surface area contributed by atoms with Gasteiger partial charge in [0.15, 0.2) is 0 Å². The van der Waals surface area contributed by atoms with E-state index in [1.807, 2.05) is 52.0 Å². The summed E-state index contributed by atoms with van der Waals surface area (Å²) in [5.41, 5.74) is 3.07. The first kappa shape index (κ1) is 20.4. The van der Waals surface area contributed by atoms with Crippen LogP contribution in [0, 0.1) is 0 Å². The zero-order valence-corrected chi connectivity index (χ0v) is 16.5. The van der Waals surface area contributed by atoms with E-state index in [0.717, 1.165) is 10.8 Å². The Balaban J connectivity index is 2.09. The van der Waals surface area contributed by atoms with Gasteiger partial charge in [-0.25, -0.2) is 5.43 Å². The normalized spacial score (nSPS) is 11.9. The quantitative estimate of drug-likeness (QED) is 0.602. The number of hydrogen-bond acceptors (Lipinski definition) is 4. The summed E-state index contributed by atoms with van der Waals surface area (Å²) in [4.78, 5) is 26.6. The minimum atomic E-state index is -0.519. The molecule has 0 aliphatic rings. The molecule has 0 saturated heterocycles. The summed E-state index contributed by atoms with van der Waals surface area (Å²) >= 11 is 0. The Kier molecular flexibility index (Phi) is 6.55. The second-order valence-corrected chi connectivity index (χ2v) is 7.17. The fraction of sp³-hybridized carbons (Fsp3) is 0.381. The SMILES string of the molecule is CC(CC(=O)N(C(C)C)C(C)C)=NNC(=O)c1cc2ccccc2cc1O. The van der Waals surface area contributed by atoms with Gasteiger partial charge in [0, 0.05) is 17.8 Å². The van der Waals surface area contributed by atoms with Crippen LogP contribution in [0.3, 0.4) is 0 Å². The summed E-state index contributed by atoms with van der Waals surface area (Å²) < 4.78 is 0. The molecule has 0 fully saturated rings. The minimum absolute atomic E-state index is 0.0379. The molecule has 0 spiro atoms. The van der Waals surface area contributed by atoms with Crippen molar-refractivity contribution in [3.63, 3.8) is 0 Å². The number of benzene rings is 2. The summed E-state index contributed by atoms with van der Waals surface area (Å²) in [7, 11) is 0. The van der Waals surface area contributed by atoms with Crippen LogP contribution < -0.4 is 5.43 Å². The molecule has 0 heterocycles. The lowest BCUT2D eigenvalue weighted by Crippen LogP contribution is -2.42. The van der Waals surface area contributed by atoms with Gasteiger partial charge in [0.2, 0.25) is 5.91 Å². The predicted molar refractivity (Wildman–Crippen MR) is 108 cm³/mol. The van der Waals surface area contributed by atoms with Crippen molar-refractivity contribution >= 4 is 28.3 Å². The maximum Gasteiger partial charge on any atom is 0.275 e. The third-order valence-electron chi connectivity index (χ3n) is 4.26. The molecular weight excluding hydrogens is 342 g/mol. The number of hydrazone groups is 1. The molecule has 6 nitrogen and oxygen atoms in total. The van der Waals surface area contributed by atoms with Crippen molar-refractivity contribution < 1.29 is 14.7 Å². The lowest BCUT2D eigenvalue weighted by Gasteiger charge is -2.30. The van der Waals surface area contributed by atoms with Crippen LogP contribution in [-0.2, 0) is 4.79 Å². The van der Waals surface area contributed by atoms with E-state index < -0.39 is 5.91 Å². The highest BCUT2D eigenvalue weighted by molar-refractivity contribution is 6.03. The molecule has 144 valence electrons.